The first-order valence-corrected chi connectivity index (χ1v) is 3.23. The average molecular weight is 190 g/mol. The maximum absolute atomic E-state index is 10.9. The van der Waals surface area contributed by atoms with Crippen LogP contribution in [-0.2, 0) is 4.79 Å². The number of hydrogen-bond acceptors (Lipinski definition) is 5. The molecule has 0 aromatic rings. The molecule has 1 aliphatic rings. The summed E-state index contributed by atoms with van der Waals surface area (Å²) in [6, 6.07) is 0. The molecule has 1 fully saturated rings. The minimum Gasteiger partial charge on any atom is -0.506 e. The van der Waals surface area contributed by atoms with Crippen molar-refractivity contribution in [2.75, 3.05) is 6.54 Å². The summed E-state index contributed by atoms with van der Waals surface area (Å²) in [7, 11) is 0. The predicted octanol–water partition coefficient (Wildman–Crippen LogP) is -2.26. The molecule has 1 aliphatic heterocycles. The highest BCUT2D eigenvalue weighted by Crippen LogP contribution is 2.15. The summed E-state index contributed by atoms with van der Waals surface area (Å²) in [5.41, 5.74) is 1.77. The van der Waals surface area contributed by atoms with Crippen molar-refractivity contribution in [3.05, 3.63) is 17.2 Å². The number of nitrogens with one attached hydrogen (secondary N) is 1. The minimum absolute atomic E-state index is 0.0759. The van der Waals surface area contributed by atoms with Crippen LogP contribution >= 0.6 is 0 Å². The first kappa shape index (κ1) is 9.42. The van der Waals surface area contributed by atoms with Crippen LogP contribution in [0, 0.1) is 4.91 Å². The first-order chi connectivity index (χ1) is 5.85. The highest BCUT2D eigenvalue weighted by Gasteiger charge is 2.49. The van der Waals surface area contributed by atoms with Gasteiger partial charge in [-0.25, -0.2) is 0 Å². The lowest BCUT2D eigenvalue weighted by Crippen LogP contribution is -2.56. The van der Waals surface area contributed by atoms with Crippen molar-refractivity contribution in [1.29, 1.82) is 0 Å². The topological polar surface area (TPSA) is 113 Å². The Morgan fingerprint density at radius 3 is 2.54 bits per heavy atom. The molecule has 0 aromatic heterocycles. The summed E-state index contributed by atoms with van der Waals surface area (Å²) in [6.07, 6.45) is 0. The van der Waals surface area contributed by atoms with Crippen molar-refractivity contribution in [2.24, 2.45) is 0 Å². The summed E-state index contributed by atoms with van der Waals surface area (Å²) >= 11 is 0. The van der Waals surface area contributed by atoms with Gasteiger partial charge in [0.15, 0.2) is 5.76 Å². The van der Waals surface area contributed by atoms with E-state index in [2.05, 4.69) is 6.58 Å². The van der Waals surface area contributed by atoms with E-state index < -0.39 is 24.1 Å². The van der Waals surface area contributed by atoms with Gasteiger partial charge in [-0.3, -0.25) is 4.79 Å². The molecule has 8 heteroatoms. The summed E-state index contributed by atoms with van der Waals surface area (Å²) in [5.74, 6) is -4.94. The predicted molar refractivity (Wildman–Crippen MR) is 37.4 cm³/mol. The molecule has 0 unspecified atom stereocenters. The van der Waals surface area contributed by atoms with Gasteiger partial charge in [0.1, 0.15) is 4.87 Å². The number of carbonyl (C=O) groups excluding carboxylic acids is 1. The third-order valence-corrected chi connectivity index (χ3v) is 1.44. The summed E-state index contributed by atoms with van der Waals surface area (Å²) in [4.78, 5) is 21.5. The van der Waals surface area contributed by atoms with Crippen LogP contribution in [0.3, 0.4) is 0 Å². The number of aliphatic hydroxyl groups excluding tert-OH is 1. The second-order valence-corrected chi connectivity index (χ2v) is 2.45. The van der Waals surface area contributed by atoms with Crippen molar-refractivity contribution < 1.29 is 25.0 Å². The molecule has 0 radical (unpaired) electrons. The molecule has 13 heavy (non-hydrogen) atoms. The van der Waals surface area contributed by atoms with E-state index in [0.717, 1.165) is 0 Å². The van der Waals surface area contributed by atoms with E-state index in [-0.39, 0.29) is 9.88 Å². The van der Waals surface area contributed by atoms with E-state index in [1.807, 2.05) is 0 Å². The Balaban J connectivity index is 2.89. The lowest BCUT2D eigenvalue weighted by Gasteiger charge is -2.25. The lowest BCUT2D eigenvalue weighted by molar-refractivity contribution is -0.609. The van der Waals surface area contributed by atoms with Gasteiger partial charge in [0.2, 0.25) is 0 Å². The molecule has 8 nitrogen and oxygen atoms in total. The third-order valence-electron chi connectivity index (χ3n) is 1.44. The zero-order valence-electron chi connectivity index (χ0n) is 6.47. The number of amides is 1. The van der Waals surface area contributed by atoms with Crippen molar-refractivity contribution in [3.63, 3.8) is 0 Å². The fourth-order valence-corrected chi connectivity index (χ4v) is 0.769. The molecule has 1 heterocycles. The molecule has 1 saturated heterocycles. The molecule has 0 aliphatic carbocycles. The zero-order valence-corrected chi connectivity index (χ0v) is 6.47. The fourth-order valence-electron chi connectivity index (χ4n) is 0.769. The summed E-state index contributed by atoms with van der Waals surface area (Å²) in [6.45, 7) is 2.26. The number of aliphatic hydroxyl groups is 3. The van der Waals surface area contributed by atoms with E-state index in [9.17, 15) is 9.70 Å². The van der Waals surface area contributed by atoms with Crippen LogP contribution in [0.1, 0.15) is 0 Å². The average Bonchev–Trinajstić information content (AvgIpc) is 2.30. The van der Waals surface area contributed by atoms with E-state index >= 15 is 0 Å². The van der Waals surface area contributed by atoms with Gasteiger partial charge in [0, 0.05) is 0 Å². The van der Waals surface area contributed by atoms with Gasteiger partial charge in [0.25, 0.3) is 0 Å². The van der Waals surface area contributed by atoms with Crippen LogP contribution in [0.2, 0.25) is 0 Å². The van der Waals surface area contributed by atoms with Crippen LogP contribution < -0.4 is 5.53 Å². The van der Waals surface area contributed by atoms with E-state index in [4.69, 9.17) is 15.3 Å². The quantitative estimate of drug-likeness (QED) is 0.222. The highest BCUT2D eigenvalue weighted by atomic mass is 16.6. The molecule has 0 atom stereocenters. The smallest absolute Gasteiger partial charge is 0.332 e. The third kappa shape index (κ3) is 1.44. The summed E-state index contributed by atoms with van der Waals surface area (Å²) in [5, 5.41) is 27.0. The van der Waals surface area contributed by atoms with Crippen LogP contribution in [-0.4, -0.2) is 43.6 Å². The number of rotatable bonds is 2. The minimum atomic E-state index is -2.98. The number of nitrogens with zero attached hydrogens (tertiary/aromatic N) is 2. The molecule has 0 saturated carbocycles. The molecule has 72 valence electrons. The van der Waals surface area contributed by atoms with Gasteiger partial charge >= 0.3 is 18.4 Å². The number of carbonyl (C=O) groups is 1. The Morgan fingerprint density at radius 2 is 2.23 bits per heavy atom. The fraction of sp³-hybridized carbons (Fsp3) is 0.400. The highest BCUT2D eigenvalue weighted by molar-refractivity contribution is 5.78. The van der Waals surface area contributed by atoms with Crippen LogP contribution in [0.15, 0.2) is 12.3 Å². The van der Waals surface area contributed by atoms with Gasteiger partial charge in [0.05, 0.1) is 4.91 Å². The van der Waals surface area contributed by atoms with Gasteiger partial charge in [-0.05, 0) is 5.53 Å². The number of hydrogen-bond donors (Lipinski definition) is 4. The van der Waals surface area contributed by atoms with Gasteiger partial charge in [-0.2, -0.15) is 0 Å². The Hall–Kier alpha value is -1.67. The van der Waals surface area contributed by atoms with Crippen LogP contribution in [0.4, 0.5) is 0 Å². The van der Waals surface area contributed by atoms with Crippen molar-refractivity contribution in [2.45, 2.75) is 5.91 Å². The van der Waals surface area contributed by atoms with Crippen LogP contribution in [0.5, 0.6) is 0 Å². The van der Waals surface area contributed by atoms with E-state index in [1.165, 1.54) is 0 Å². The second kappa shape index (κ2) is 2.68. The van der Waals surface area contributed by atoms with Gasteiger partial charge in [-0.1, -0.05) is 6.58 Å². The Labute approximate surface area is 72.2 Å². The SMILES string of the molecule is C=C(O)C(O)(O)N1N[N+](=O)CC1=O. The zero-order chi connectivity index (χ0) is 10.2. The monoisotopic (exact) mass is 190 g/mol. The van der Waals surface area contributed by atoms with E-state index in [0.29, 0.717) is 0 Å². The van der Waals surface area contributed by atoms with Crippen molar-refractivity contribution >= 4 is 5.91 Å². The molecule has 1 rings (SSSR count). The standard InChI is InChI=1S/C5H7N3O5/c1-3(9)5(11,12)8-4(10)2-7(13)6-8/h11-12H,1-2H2,(H-,6,9,13)/p+1. The Morgan fingerprint density at radius 1 is 1.69 bits per heavy atom. The van der Waals surface area contributed by atoms with Crippen LogP contribution in [0.25, 0.3) is 0 Å². The van der Waals surface area contributed by atoms with E-state index in [1.54, 1.807) is 5.53 Å². The number of hydrazine groups is 2. The molecule has 1 amide bonds. The van der Waals surface area contributed by atoms with Crippen molar-refractivity contribution in [1.82, 2.24) is 10.5 Å². The molecule has 4 N–H and O–H groups in total. The molecule has 0 aromatic carbocycles. The molecular formula is C5H8N3O5+. The first-order valence-electron chi connectivity index (χ1n) is 3.23. The number of nitroso groups, excluding NO2 is 1. The van der Waals surface area contributed by atoms with Gasteiger partial charge < -0.3 is 15.3 Å². The molecule has 0 bridgehead atoms. The maximum atomic E-state index is 10.9. The molecule has 0 spiro atoms. The Bertz CT molecular complexity index is 286. The second-order valence-electron chi connectivity index (χ2n) is 2.45. The summed E-state index contributed by atoms with van der Waals surface area (Å²) < 4.78 is 0. The largest absolute Gasteiger partial charge is 0.506 e. The lowest BCUT2D eigenvalue weighted by atomic mass is 10.4. The van der Waals surface area contributed by atoms with Crippen molar-refractivity contribution in [3.8, 4) is 0 Å². The van der Waals surface area contributed by atoms with Gasteiger partial charge in [-0.15, -0.1) is 5.01 Å². The maximum Gasteiger partial charge on any atom is 0.332 e. The Kier molecular flexibility index (Phi) is 1.94. The molecular weight excluding hydrogens is 182 g/mol. The normalized spacial score (nSPS) is 17.5.